The van der Waals surface area contributed by atoms with Crippen molar-refractivity contribution in [2.45, 2.75) is 53.0 Å². The zero-order valence-electron chi connectivity index (χ0n) is 13.3. The van der Waals surface area contributed by atoms with Gasteiger partial charge in [0, 0.05) is 18.5 Å². The Morgan fingerprint density at radius 3 is 2.35 bits per heavy atom. The van der Waals surface area contributed by atoms with Crippen LogP contribution in [0, 0.1) is 11.3 Å². The third-order valence-electron chi connectivity index (χ3n) is 3.58. The second-order valence-corrected chi connectivity index (χ2v) is 7.37. The summed E-state index contributed by atoms with van der Waals surface area (Å²) in [6, 6.07) is 0. The van der Waals surface area contributed by atoms with Crippen LogP contribution in [0.25, 0.3) is 0 Å². The average Bonchev–Trinajstić information content (AvgIpc) is 2.36. The Balaban J connectivity index is 2.66. The highest BCUT2D eigenvalue weighted by Gasteiger charge is 2.34. The number of aliphatic hydroxyl groups excluding tert-OH is 1. The summed E-state index contributed by atoms with van der Waals surface area (Å²) in [5.41, 5.74) is -1.03. The lowest BCUT2D eigenvalue weighted by Gasteiger charge is -2.37. The average molecular weight is 284 g/mol. The van der Waals surface area contributed by atoms with Crippen LogP contribution in [-0.2, 0) is 9.59 Å². The Hall–Kier alpha value is -1.10. The Morgan fingerprint density at radius 2 is 1.85 bits per heavy atom. The molecule has 0 radical (unpaired) electrons. The summed E-state index contributed by atoms with van der Waals surface area (Å²) in [5.74, 6) is -0.159. The SMILES string of the molecule is CC(C)(CO)NC(=O)C1CCCN(C(=O)C(C)(C)C)C1. The van der Waals surface area contributed by atoms with Crippen molar-refractivity contribution in [2.24, 2.45) is 11.3 Å². The zero-order valence-corrected chi connectivity index (χ0v) is 13.3. The molecule has 0 aromatic rings. The van der Waals surface area contributed by atoms with Gasteiger partial charge in [0.25, 0.3) is 0 Å². The predicted molar refractivity (Wildman–Crippen MR) is 78.1 cm³/mol. The molecule has 1 unspecified atom stereocenters. The van der Waals surface area contributed by atoms with Crippen molar-refractivity contribution in [1.82, 2.24) is 10.2 Å². The standard InChI is InChI=1S/C15H28N2O3/c1-14(2,3)13(20)17-8-6-7-11(9-17)12(19)16-15(4,5)10-18/h11,18H,6-10H2,1-5H3,(H,16,19). The fourth-order valence-electron chi connectivity index (χ4n) is 2.33. The number of amides is 2. The first-order chi connectivity index (χ1) is 9.07. The smallest absolute Gasteiger partial charge is 0.227 e. The molecule has 1 atom stereocenters. The number of hydrogen-bond donors (Lipinski definition) is 2. The van der Waals surface area contributed by atoms with E-state index in [0.29, 0.717) is 6.54 Å². The number of nitrogens with zero attached hydrogens (tertiary/aromatic N) is 1. The lowest BCUT2D eigenvalue weighted by molar-refractivity contribution is -0.143. The summed E-state index contributed by atoms with van der Waals surface area (Å²) in [4.78, 5) is 26.3. The van der Waals surface area contributed by atoms with Crippen LogP contribution in [0.5, 0.6) is 0 Å². The van der Waals surface area contributed by atoms with Gasteiger partial charge in [-0.1, -0.05) is 20.8 Å². The van der Waals surface area contributed by atoms with Gasteiger partial charge in [0.15, 0.2) is 0 Å². The zero-order chi connectivity index (χ0) is 15.6. The van der Waals surface area contributed by atoms with Crippen molar-refractivity contribution in [3.05, 3.63) is 0 Å². The van der Waals surface area contributed by atoms with Gasteiger partial charge < -0.3 is 15.3 Å². The molecule has 1 fully saturated rings. The van der Waals surface area contributed by atoms with Crippen molar-refractivity contribution < 1.29 is 14.7 Å². The lowest BCUT2D eigenvalue weighted by atomic mass is 9.90. The van der Waals surface area contributed by atoms with Crippen molar-refractivity contribution in [3.8, 4) is 0 Å². The minimum atomic E-state index is -0.618. The molecule has 20 heavy (non-hydrogen) atoms. The number of aliphatic hydroxyl groups is 1. The number of carbonyl (C=O) groups is 2. The van der Waals surface area contributed by atoms with E-state index in [1.165, 1.54) is 0 Å². The van der Waals surface area contributed by atoms with Crippen LogP contribution in [0.4, 0.5) is 0 Å². The van der Waals surface area contributed by atoms with Crippen LogP contribution in [0.1, 0.15) is 47.5 Å². The Kier molecular flexibility index (Phi) is 5.19. The fourth-order valence-corrected chi connectivity index (χ4v) is 2.33. The largest absolute Gasteiger partial charge is 0.394 e. The van der Waals surface area contributed by atoms with Crippen LogP contribution < -0.4 is 5.32 Å². The lowest BCUT2D eigenvalue weighted by Crippen LogP contribution is -2.53. The molecule has 0 saturated carbocycles. The van der Waals surface area contributed by atoms with Gasteiger partial charge in [-0.25, -0.2) is 0 Å². The maximum atomic E-state index is 12.3. The predicted octanol–water partition coefficient (Wildman–Crippen LogP) is 1.16. The summed E-state index contributed by atoms with van der Waals surface area (Å²) >= 11 is 0. The van der Waals surface area contributed by atoms with Gasteiger partial charge in [0.2, 0.25) is 11.8 Å². The molecule has 5 nitrogen and oxygen atoms in total. The van der Waals surface area contributed by atoms with Gasteiger partial charge >= 0.3 is 0 Å². The summed E-state index contributed by atoms with van der Waals surface area (Å²) in [6.07, 6.45) is 1.64. The molecule has 0 bridgehead atoms. The fraction of sp³-hybridized carbons (Fsp3) is 0.867. The van der Waals surface area contributed by atoms with Crippen molar-refractivity contribution >= 4 is 11.8 Å². The first-order valence-corrected chi connectivity index (χ1v) is 7.29. The van der Waals surface area contributed by atoms with Crippen LogP contribution in [0.15, 0.2) is 0 Å². The van der Waals surface area contributed by atoms with E-state index in [-0.39, 0.29) is 24.3 Å². The van der Waals surface area contributed by atoms with E-state index in [1.807, 2.05) is 20.8 Å². The highest BCUT2D eigenvalue weighted by Crippen LogP contribution is 2.24. The summed E-state index contributed by atoms with van der Waals surface area (Å²) < 4.78 is 0. The number of piperidine rings is 1. The van der Waals surface area contributed by atoms with Gasteiger partial charge in [-0.15, -0.1) is 0 Å². The van der Waals surface area contributed by atoms with Gasteiger partial charge in [0.1, 0.15) is 0 Å². The first-order valence-electron chi connectivity index (χ1n) is 7.29. The van der Waals surface area contributed by atoms with E-state index in [9.17, 15) is 14.7 Å². The molecule has 1 saturated heterocycles. The molecule has 0 spiro atoms. The highest BCUT2D eigenvalue weighted by atomic mass is 16.3. The van der Waals surface area contributed by atoms with Gasteiger partial charge in [-0.3, -0.25) is 9.59 Å². The van der Waals surface area contributed by atoms with Crippen molar-refractivity contribution in [3.63, 3.8) is 0 Å². The quantitative estimate of drug-likeness (QED) is 0.817. The molecular formula is C15H28N2O3. The summed E-state index contributed by atoms with van der Waals surface area (Å²) in [5, 5.41) is 12.1. The van der Waals surface area contributed by atoms with Gasteiger partial charge in [-0.05, 0) is 26.7 Å². The van der Waals surface area contributed by atoms with E-state index in [0.717, 1.165) is 19.4 Å². The van der Waals surface area contributed by atoms with E-state index < -0.39 is 11.0 Å². The minimum absolute atomic E-state index is 0.0736. The third-order valence-corrected chi connectivity index (χ3v) is 3.58. The summed E-state index contributed by atoms with van der Waals surface area (Å²) in [7, 11) is 0. The number of carbonyl (C=O) groups excluding carboxylic acids is 2. The van der Waals surface area contributed by atoms with E-state index >= 15 is 0 Å². The minimum Gasteiger partial charge on any atom is -0.394 e. The van der Waals surface area contributed by atoms with Crippen molar-refractivity contribution in [2.75, 3.05) is 19.7 Å². The van der Waals surface area contributed by atoms with E-state index in [2.05, 4.69) is 5.32 Å². The topological polar surface area (TPSA) is 69.6 Å². The molecule has 2 amide bonds. The number of likely N-dealkylation sites (tertiary alicyclic amines) is 1. The second-order valence-electron chi connectivity index (χ2n) is 7.37. The number of rotatable bonds is 3. The molecule has 0 aromatic carbocycles. The Labute approximate surface area is 121 Å². The monoisotopic (exact) mass is 284 g/mol. The molecule has 1 aliphatic heterocycles. The Bertz CT molecular complexity index is 372. The molecule has 2 N–H and O–H groups in total. The van der Waals surface area contributed by atoms with Crippen LogP contribution in [-0.4, -0.2) is 47.1 Å². The van der Waals surface area contributed by atoms with Crippen LogP contribution in [0.2, 0.25) is 0 Å². The highest BCUT2D eigenvalue weighted by molar-refractivity contribution is 5.84. The maximum Gasteiger partial charge on any atom is 0.227 e. The second kappa shape index (κ2) is 6.12. The molecular weight excluding hydrogens is 256 g/mol. The molecule has 1 aliphatic rings. The normalized spacial score (nSPS) is 20.7. The molecule has 5 heteroatoms. The first kappa shape index (κ1) is 17.0. The molecule has 0 aliphatic carbocycles. The molecule has 116 valence electrons. The third kappa shape index (κ3) is 4.47. The Morgan fingerprint density at radius 1 is 1.25 bits per heavy atom. The van der Waals surface area contributed by atoms with E-state index in [1.54, 1.807) is 18.7 Å². The maximum absolute atomic E-state index is 12.3. The molecule has 0 aromatic heterocycles. The number of nitrogens with one attached hydrogen (secondary N) is 1. The van der Waals surface area contributed by atoms with Crippen LogP contribution >= 0.6 is 0 Å². The van der Waals surface area contributed by atoms with Crippen LogP contribution in [0.3, 0.4) is 0 Å². The van der Waals surface area contributed by atoms with E-state index in [4.69, 9.17) is 0 Å². The van der Waals surface area contributed by atoms with Crippen molar-refractivity contribution in [1.29, 1.82) is 0 Å². The van der Waals surface area contributed by atoms with Gasteiger partial charge in [-0.2, -0.15) is 0 Å². The summed E-state index contributed by atoms with van der Waals surface area (Å²) in [6.45, 7) is 10.4. The molecule has 1 heterocycles. The molecule has 1 rings (SSSR count). The van der Waals surface area contributed by atoms with Gasteiger partial charge in [0.05, 0.1) is 18.1 Å². The number of hydrogen-bond acceptors (Lipinski definition) is 3.